The van der Waals surface area contributed by atoms with E-state index < -0.39 is 22.2 Å². The first-order valence-electron chi connectivity index (χ1n) is 5.97. The van der Waals surface area contributed by atoms with Gasteiger partial charge in [-0.1, -0.05) is 0 Å². The van der Waals surface area contributed by atoms with Crippen molar-refractivity contribution in [2.75, 3.05) is 27.2 Å². The smallest absolute Gasteiger partial charge is 0.243 e. The third-order valence-corrected chi connectivity index (χ3v) is 5.25. The van der Waals surface area contributed by atoms with Gasteiger partial charge in [0.05, 0.1) is 24.2 Å². The molecule has 106 valence electrons. The molecule has 1 aromatic rings. The van der Waals surface area contributed by atoms with E-state index >= 15 is 0 Å². The lowest BCUT2D eigenvalue weighted by Gasteiger charge is -2.25. The zero-order chi connectivity index (χ0) is 14.0. The Morgan fingerprint density at radius 2 is 1.95 bits per heavy atom. The van der Waals surface area contributed by atoms with Crippen molar-refractivity contribution in [3.05, 3.63) is 24.3 Å². The summed E-state index contributed by atoms with van der Waals surface area (Å²) < 4.78 is 31.0. The normalized spacial score (nSPS) is 23.8. The minimum atomic E-state index is -3.60. The molecule has 1 aromatic carbocycles. The highest BCUT2D eigenvalue weighted by Crippen LogP contribution is 2.21. The van der Waals surface area contributed by atoms with Gasteiger partial charge in [-0.05, 0) is 24.3 Å². The van der Waals surface area contributed by atoms with Crippen LogP contribution in [0.5, 0.6) is 5.75 Å². The van der Waals surface area contributed by atoms with Crippen molar-refractivity contribution >= 4 is 10.0 Å². The first-order chi connectivity index (χ1) is 8.96. The molecule has 0 spiro atoms. The summed E-state index contributed by atoms with van der Waals surface area (Å²) in [7, 11) is -0.592. The average Bonchev–Trinajstić information content (AvgIpc) is 2.84. The first-order valence-corrected chi connectivity index (χ1v) is 7.41. The van der Waals surface area contributed by atoms with Gasteiger partial charge in [-0.25, -0.2) is 8.42 Å². The van der Waals surface area contributed by atoms with Gasteiger partial charge >= 0.3 is 0 Å². The van der Waals surface area contributed by atoms with Gasteiger partial charge in [0.1, 0.15) is 5.75 Å². The molecule has 7 heteroatoms. The SMILES string of the molecule is COc1ccc(S(=O)(=O)N(C)[C@H]2CNC[C@@H]2O)cc1. The maximum Gasteiger partial charge on any atom is 0.243 e. The molecular formula is C12H18N2O4S. The molecule has 0 amide bonds. The van der Waals surface area contributed by atoms with Gasteiger partial charge in [-0.15, -0.1) is 0 Å². The van der Waals surface area contributed by atoms with Crippen LogP contribution in [0.3, 0.4) is 0 Å². The van der Waals surface area contributed by atoms with Gasteiger partial charge in [0, 0.05) is 20.1 Å². The van der Waals surface area contributed by atoms with Crippen LogP contribution >= 0.6 is 0 Å². The number of hydrogen-bond donors (Lipinski definition) is 2. The standard InChI is InChI=1S/C12H18N2O4S/c1-14(11-7-13-8-12(11)15)19(16,17)10-5-3-9(18-2)4-6-10/h3-6,11-13,15H,7-8H2,1-2H3/t11-,12-/m0/s1. The van der Waals surface area contributed by atoms with Crippen LogP contribution in [0.4, 0.5) is 0 Å². The maximum absolute atomic E-state index is 12.4. The topological polar surface area (TPSA) is 78.9 Å². The van der Waals surface area contributed by atoms with Gasteiger partial charge in [0.15, 0.2) is 0 Å². The van der Waals surface area contributed by atoms with Crippen LogP contribution in [-0.4, -0.2) is 57.2 Å². The van der Waals surface area contributed by atoms with Crippen LogP contribution < -0.4 is 10.1 Å². The van der Waals surface area contributed by atoms with Gasteiger partial charge in [-0.2, -0.15) is 4.31 Å². The van der Waals surface area contributed by atoms with Crippen LogP contribution in [-0.2, 0) is 10.0 Å². The lowest BCUT2D eigenvalue weighted by molar-refractivity contribution is 0.136. The molecule has 0 radical (unpaired) electrons. The summed E-state index contributed by atoms with van der Waals surface area (Å²) in [6.45, 7) is 0.861. The number of nitrogens with zero attached hydrogens (tertiary/aromatic N) is 1. The van der Waals surface area contributed by atoms with E-state index in [1.807, 2.05) is 0 Å². The molecule has 0 saturated carbocycles. The molecule has 1 aliphatic rings. The summed E-state index contributed by atoms with van der Waals surface area (Å²) in [5.41, 5.74) is 0. The summed E-state index contributed by atoms with van der Waals surface area (Å²) >= 11 is 0. The molecule has 19 heavy (non-hydrogen) atoms. The Labute approximate surface area is 113 Å². The number of aliphatic hydroxyl groups is 1. The third kappa shape index (κ3) is 2.74. The number of nitrogens with one attached hydrogen (secondary N) is 1. The minimum Gasteiger partial charge on any atom is -0.497 e. The zero-order valence-electron chi connectivity index (χ0n) is 10.9. The molecule has 0 aromatic heterocycles. The molecule has 1 fully saturated rings. The van der Waals surface area contributed by atoms with Gasteiger partial charge in [0.2, 0.25) is 10.0 Å². The van der Waals surface area contributed by atoms with Crippen LogP contribution in [0.25, 0.3) is 0 Å². The van der Waals surface area contributed by atoms with Crippen LogP contribution in [0, 0.1) is 0 Å². The lowest BCUT2D eigenvalue weighted by Crippen LogP contribution is -2.44. The van der Waals surface area contributed by atoms with Crippen molar-refractivity contribution in [3.63, 3.8) is 0 Å². The van der Waals surface area contributed by atoms with Crippen LogP contribution in [0.1, 0.15) is 0 Å². The maximum atomic E-state index is 12.4. The highest BCUT2D eigenvalue weighted by atomic mass is 32.2. The van der Waals surface area contributed by atoms with Crippen LogP contribution in [0.2, 0.25) is 0 Å². The predicted molar refractivity (Wildman–Crippen MR) is 70.6 cm³/mol. The average molecular weight is 286 g/mol. The van der Waals surface area contributed by atoms with Crippen LogP contribution in [0.15, 0.2) is 29.2 Å². The fraction of sp³-hybridized carbons (Fsp3) is 0.500. The quantitative estimate of drug-likeness (QED) is 0.791. The highest BCUT2D eigenvalue weighted by Gasteiger charge is 2.35. The van der Waals surface area contributed by atoms with Crippen molar-refractivity contribution in [2.45, 2.75) is 17.0 Å². The molecule has 0 aliphatic carbocycles. The number of aliphatic hydroxyl groups excluding tert-OH is 1. The molecule has 6 nitrogen and oxygen atoms in total. The number of rotatable bonds is 4. The zero-order valence-corrected chi connectivity index (χ0v) is 11.7. The summed E-state index contributed by atoms with van der Waals surface area (Å²) in [4.78, 5) is 0.190. The van der Waals surface area contributed by atoms with E-state index in [2.05, 4.69) is 5.32 Å². The summed E-state index contributed by atoms with van der Waals surface area (Å²) in [6, 6.07) is 5.76. The Balaban J connectivity index is 2.25. The van der Waals surface area contributed by atoms with Gasteiger partial charge in [0.25, 0.3) is 0 Å². The fourth-order valence-corrected chi connectivity index (χ4v) is 3.50. The lowest BCUT2D eigenvalue weighted by atomic mass is 10.2. The molecule has 1 saturated heterocycles. The number of likely N-dealkylation sites (N-methyl/N-ethyl adjacent to an activating group) is 1. The van der Waals surface area contributed by atoms with E-state index in [4.69, 9.17) is 4.74 Å². The second-order valence-electron chi connectivity index (χ2n) is 4.49. The van der Waals surface area contributed by atoms with E-state index in [0.717, 1.165) is 0 Å². The highest BCUT2D eigenvalue weighted by molar-refractivity contribution is 7.89. The molecule has 1 aliphatic heterocycles. The molecule has 0 bridgehead atoms. The number of benzene rings is 1. The fourth-order valence-electron chi connectivity index (χ4n) is 2.11. The molecule has 2 N–H and O–H groups in total. The summed E-state index contributed by atoms with van der Waals surface area (Å²) in [6.07, 6.45) is -0.682. The number of β-amino-alcohol motifs (C(OH)–C–C–N with tert-alkyl or cyclic N) is 1. The molecule has 2 atom stereocenters. The second kappa shape index (κ2) is 5.46. The second-order valence-corrected chi connectivity index (χ2v) is 6.49. The van der Waals surface area contributed by atoms with E-state index in [-0.39, 0.29) is 4.90 Å². The van der Waals surface area contributed by atoms with E-state index in [1.165, 1.54) is 30.6 Å². The van der Waals surface area contributed by atoms with Crippen molar-refractivity contribution in [3.8, 4) is 5.75 Å². The molecule has 1 heterocycles. The molecule has 0 unspecified atom stereocenters. The monoisotopic (exact) mass is 286 g/mol. The van der Waals surface area contributed by atoms with E-state index in [1.54, 1.807) is 12.1 Å². The van der Waals surface area contributed by atoms with Crippen molar-refractivity contribution in [1.82, 2.24) is 9.62 Å². The Kier molecular flexibility index (Phi) is 4.10. The van der Waals surface area contributed by atoms with E-state index in [0.29, 0.717) is 18.8 Å². The first kappa shape index (κ1) is 14.3. The van der Waals surface area contributed by atoms with Gasteiger partial charge in [-0.3, -0.25) is 0 Å². The van der Waals surface area contributed by atoms with E-state index in [9.17, 15) is 13.5 Å². The Bertz CT molecular complexity index is 529. The Morgan fingerprint density at radius 1 is 1.32 bits per heavy atom. The Hall–Kier alpha value is -1.15. The van der Waals surface area contributed by atoms with Crippen molar-refractivity contribution in [1.29, 1.82) is 0 Å². The third-order valence-electron chi connectivity index (χ3n) is 3.35. The summed E-state index contributed by atoms with van der Waals surface area (Å²) in [5, 5.41) is 12.7. The summed E-state index contributed by atoms with van der Waals surface area (Å²) in [5.74, 6) is 0.601. The minimum absolute atomic E-state index is 0.190. The molecule has 2 rings (SSSR count). The Morgan fingerprint density at radius 3 is 2.42 bits per heavy atom. The van der Waals surface area contributed by atoms with Crippen molar-refractivity contribution < 1.29 is 18.3 Å². The largest absolute Gasteiger partial charge is 0.497 e. The predicted octanol–water partition coefficient (Wildman–Crippen LogP) is -0.352. The van der Waals surface area contributed by atoms with Crippen molar-refractivity contribution in [2.24, 2.45) is 0 Å². The number of hydrogen-bond acceptors (Lipinski definition) is 5. The number of sulfonamides is 1. The number of methoxy groups -OCH3 is 1. The molecular weight excluding hydrogens is 268 g/mol. The number of ether oxygens (including phenoxy) is 1. The van der Waals surface area contributed by atoms with Gasteiger partial charge < -0.3 is 15.2 Å².